The molecule has 1 aliphatic rings. The fraction of sp³-hybridized carbons (Fsp3) is 0.368. The van der Waals surface area contributed by atoms with Gasteiger partial charge in [-0.2, -0.15) is 0 Å². The van der Waals surface area contributed by atoms with Crippen LogP contribution in [0.25, 0.3) is 11.0 Å². The number of anilines is 2. The third-order valence-corrected chi connectivity index (χ3v) is 5.10. The number of nitrogens with one attached hydrogen (secondary N) is 4. The number of hydrogen-bond acceptors (Lipinski definition) is 6. The number of aromatic nitrogens is 4. The lowest BCUT2D eigenvalue weighted by Crippen LogP contribution is -2.47. The van der Waals surface area contributed by atoms with E-state index in [9.17, 15) is 4.79 Å². The van der Waals surface area contributed by atoms with Gasteiger partial charge in [0.05, 0.1) is 22.5 Å². The Morgan fingerprint density at radius 3 is 2.71 bits per heavy atom. The van der Waals surface area contributed by atoms with Crippen LogP contribution in [-0.2, 0) is 0 Å². The summed E-state index contributed by atoms with van der Waals surface area (Å²) >= 11 is 3.47. The molecule has 28 heavy (non-hydrogen) atoms. The van der Waals surface area contributed by atoms with E-state index in [4.69, 9.17) is 5.41 Å². The zero-order valence-corrected chi connectivity index (χ0v) is 17.5. The van der Waals surface area contributed by atoms with Crippen molar-refractivity contribution in [3.8, 4) is 0 Å². The molecule has 0 saturated carbocycles. The molecule has 2 aromatic heterocycles. The summed E-state index contributed by atoms with van der Waals surface area (Å²) in [5.41, 5.74) is 1.59. The van der Waals surface area contributed by atoms with E-state index in [1.807, 2.05) is 39.0 Å². The molecule has 1 fully saturated rings. The van der Waals surface area contributed by atoms with Crippen LogP contribution in [0.15, 0.2) is 27.5 Å². The fourth-order valence-corrected chi connectivity index (χ4v) is 3.58. The maximum Gasteiger partial charge on any atom is 0.261 e. The number of fused-ring (bicyclic) bond motifs is 1. The molecule has 3 aromatic rings. The minimum absolute atomic E-state index is 0.105. The smallest absolute Gasteiger partial charge is 0.261 e. The van der Waals surface area contributed by atoms with Crippen LogP contribution >= 0.6 is 15.9 Å². The van der Waals surface area contributed by atoms with Crippen LogP contribution in [0.1, 0.15) is 38.1 Å². The second-order valence-corrected chi connectivity index (χ2v) is 8.97. The fourth-order valence-electron chi connectivity index (χ4n) is 3.22. The second kappa shape index (κ2) is 6.73. The normalized spacial score (nSPS) is 14.9. The van der Waals surface area contributed by atoms with Gasteiger partial charge in [0.1, 0.15) is 11.6 Å². The van der Waals surface area contributed by atoms with Crippen molar-refractivity contribution in [1.82, 2.24) is 19.9 Å². The lowest BCUT2D eigenvalue weighted by Gasteiger charge is -2.38. The van der Waals surface area contributed by atoms with E-state index in [1.54, 1.807) is 0 Å². The van der Waals surface area contributed by atoms with E-state index >= 15 is 0 Å². The second-order valence-electron chi connectivity index (χ2n) is 8.06. The predicted octanol–water partition coefficient (Wildman–Crippen LogP) is 3.22. The molecule has 0 unspecified atom stereocenters. The Balaban J connectivity index is 1.56. The van der Waals surface area contributed by atoms with Crippen molar-refractivity contribution in [2.45, 2.75) is 32.2 Å². The highest BCUT2D eigenvalue weighted by molar-refractivity contribution is 9.10. The van der Waals surface area contributed by atoms with Crippen LogP contribution in [0.2, 0.25) is 0 Å². The van der Waals surface area contributed by atoms with Crippen molar-refractivity contribution in [2.75, 3.05) is 23.3 Å². The van der Waals surface area contributed by atoms with Gasteiger partial charge in [-0.05, 0) is 39.0 Å². The minimum Gasteiger partial charge on any atom is -0.365 e. The third-order valence-electron chi connectivity index (χ3n) is 4.61. The summed E-state index contributed by atoms with van der Waals surface area (Å²) in [5, 5.41) is 10.8. The van der Waals surface area contributed by atoms with Crippen LogP contribution in [0.3, 0.4) is 0 Å². The molecule has 0 aliphatic carbocycles. The van der Waals surface area contributed by atoms with Gasteiger partial charge in [0.15, 0.2) is 0 Å². The molecule has 0 bridgehead atoms. The number of hydrogen-bond donors (Lipinski definition) is 4. The highest BCUT2D eigenvalue weighted by atomic mass is 79.9. The van der Waals surface area contributed by atoms with E-state index in [0.29, 0.717) is 24.7 Å². The van der Waals surface area contributed by atoms with E-state index in [-0.39, 0.29) is 22.6 Å². The van der Waals surface area contributed by atoms with E-state index < -0.39 is 0 Å². The van der Waals surface area contributed by atoms with Gasteiger partial charge in [-0.15, -0.1) is 0 Å². The van der Waals surface area contributed by atoms with Crippen molar-refractivity contribution in [1.29, 1.82) is 5.41 Å². The molecule has 0 radical (unpaired) electrons. The molecule has 0 atom stereocenters. The summed E-state index contributed by atoms with van der Waals surface area (Å²) in [4.78, 5) is 29.9. The first-order valence-electron chi connectivity index (χ1n) is 9.06. The molecule has 3 heterocycles. The molecule has 1 aliphatic heterocycles. The standard InChI is InChI=1S/C19H22BrN7O/c1-19(2,3)26-16-12(7-21)17(28)25-15(24-16)10-8-27(9-10)18-22-13-5-4-11(20)6-14(13)23-18/h4-7,10,21H,8-9H2,1-3H3,(H,22,23)(H2,24,25,26,28). The molecular weight excluding hydrogens is 422 g/mol. The van der Waals surface area contributed by atoms with E-state index in [1.165, 1.54) is 0 Å². The molecule has 1 saturated heterocycles. The Hall–Kier alpha value is -2.68. The summed E-state index contributed by atoms with van der Waals surface area (Å²) in [7, 11) is 0. The van der Waals surface area contributed by atoms with Gasteiger partial charge < -0.3 is 25.6 Å². The zero-order valence-electron chi connectivity index (χ0n) is 15.9. The average molecular weight is 444 g/mol. The average Bonchev–Trinajstić information content (AvgIpc) is 2.94. The van der Waals surface area contributed by atoms with E-state index in [0.717, 1.165) is 27.7 Å². The number of imidazole rings is 1. The monoisotopic (exact) mass is 443 g/mol. The number of rotatable bonds is 4. The van der Waals surface area contributed by atoms with Gasteiger partial charge >= 0.3 is 0 Å². The summed E-state index contributed by atoms with van der Waals surface area (Å²) in [5.74, 6) is 2.01. The van der Waals surface area contributed by atoms with Gasteiger partial charge in [-0.3, -0.25) is 4.79 Å². The number of H-pyrrole nitrogens is 2. The summed E-state index contributed by atoms with van der Waals surface area (Å²) < 4.78 is 1.00. The zero-order chi connectivity index (χ0) is 20.1. The van der Waals surface area contributed by atoms with Crippen molar-refractivity contribution in [3.05, 3.63) is 44.4 Å². The topological polar surface area (TPSA) is 114 Å². The predicted molar refractivity (Wildman–Crippen MR) is 115 cm³/mol. The summed E-state index contributed by atoms with van der Waals surface area (Å²) in [6.45, 7) is 7.41. The quantitative estimate of drug-likeness (QED) is 0.462. The molecule has 0 amide bonds. The third kappa shape index (κ3) is 3.54. The van der Waals surface area contributed by atoms with Gasteiger partial charge in [0, 0.05) is 29.3 Å². The van der Waals surface area contributed by atoms with Gasteiger partial charge in [0.2, 0.25) is 5.95 Å². The SMILES string of the molecule is CC(C)(C)Nc1nc(C2CN(c3nc4ccc(Br)cc4[nH]3)C2)[nH]c(=O)c1C=N. The Kier molecular flexibility index (Phi) is 4.49. The maximum atomic E-state index is 12.4. The lowest BCUT2D eigenvalue weighted by molar-refractivity contribution is 0.491. The molecule has 4 N–H and O–H groups in total. The lowest BCUT2D eigenvalue weighted by atomic mass is 9.99. The first kappa shape index (κ1) is 18.7. The van der Waals surface area contributed by atoms with Crippen molar-refractivity contribution in [3.63, 3.8) is 0 Å². The summed E-state index contributed by atoms with van der Waals surface area (Å²) in [6.07, 6.45) is 1.04. The Bertz CT molecular complexity index is 1110. The van der Waals surface area contributed by atoms with Crippen molar-refractivity contribution < 1.29 is 0 Å². The van der Waals surface area contributed by atoms with Crippen molar-refractivity contribution >= 4 is 44.9 Å². The van der Waals surface area contributed by atoms with Crippen LogP contribution in [0.4, 0.5) is 11.8 Å². The first-order chi connectivity index (χ1) is 13.2. The van der Waals surface area contributed by atoms with Crippen molar-refractivity contribution in [2.24, 2.45) is 0 Å². The van der Waals surface area contributed by atoms with E-state index in [2.05, 4.69) is 46.1 Å². The molecule has 146 valence electrons. The Morgan fingerprint density at radius 1 is 1.29 bits per heavy atom. The molecule has 1 aromatic carbocycles. The first-order valence-corrected chi connectivity index (χ1v) is 9.86. The number of aromatic amines is 2. The molecule has 9 heteroatoms. The highest BCUT2D eigenvalue weighted by Gasteiger charge is 2.33. The molecule has 4 rings (SSSR count). The summed E-state index contributed by atoms with van der Waals surface area (Å²) in [6, 6.07) is 5.94. The van der Waals surface area contributed by atoms with Crippen LogP contribution in [0.5, 0.6) is 0 Å². The van der Waals surface area contributed by atoms with Crippen LogP contribution in [-0.4, -0.2) is 44.8 Å². The molecule has 0 spiro atoms. The Morgan fingerprint density at radius 2 is 2.04 bits per heavy atom. The number of halogens is 1. The van der Waals surface area contributed by atoms with Gasteiger partial charge in [0.25, 0.3) is 5.56 Å². The molecular formula is C19H22BrN7O. The number of benzene rings is 1. The van der Waals surface area contributed by atoms with Crippen LogP contribution in [0, 0.1) is 5.41 Å². The largest absolute Gasteiger partial charge is 0.365 e. The maximum absolute atomic E-state index is 12.4. The molecule has 8 nitrogen and oxygen atoms in total. The minimum atomic E-state index is -0.293. The van der Waals surface area contributed by atoms with Gasteiger partial charge in [-0.1, -0.05) is 15.9 Å². The van der Waals surface area contributed by atoms with Gasteiger partial charge in [-0.25, -0.2) is 9.97 Å². The van der Waals surface area contributed by atoms with Crippen LogP contribution < -0.4 is 15.8 Å². The Labute approximate surface area is 170 Å². The highest BCUT2D eigenvalue weighted by Crippen LogP contribution is 2.30. The number of nitrogens with zero attached hydrogens (tertiary/aromatic N) is 3.